The van der Waals surface area contributed by atoms with Crippen LogP contribution in [0.2, 0.25) is 0 Å². The molecule has 29 heavy (non-hydrogen) atoms. The van der Waals surface area contributed by atoms with E-state index in [9.17, 15) is 4.79 Å². The molecule has 4 rings (SSSR count). The maximum absolute atomic E-state index is 12.6. The molecule has 1 fully saturated rings. The minimum atomic E-state index is 0.0971. The van der Waals surface area contributed by atoms with Gasteiger partial charge in [0.1, 0.15) is 5.75 Å². The Morgan fingerprint density at radius 1 is 1.07 bits per heavy atom. The van der Waals surface area contributed by atoms with E-state index in [1.807, 2.05) is 24.3 Å². The fourth-order valence-corrected chi connectivity index (χ4v) is 4.33. The largest absolute Gasteiger partial charge is 0.496 e. The van der Waals surface area contributed by atoms with Gasteiger partial charge in [-0.3, -0.25) is 4.79 Å². The molecule has 0 aliphatic carbocycles. The molecule has 0 bridgehead atoms. The van der Waals surface area contributed by atoms with E-state index >= 15 is 0 Å². The van der Waals surface area contributed by atoms with Crippen LogP contribution in [0.4, 0.5) is 5.69 Å². The molecule has 1 aliphatic heterocycles. The second kappa shape index (κ2) is 8.99. The Morgan fingerprint density at radius 2 is 1.86 bits per heavy atom. The number of hydrogen-bond acceptors (Lipinski definition) is 3. The van der Waals surface area contributed by atoms with Gasteiger partial charge in [-0.05, 0) is 48.2 Å². The summed E-state index contributed by atoms with van der Waals surface area (Å²) in [5.74, 6) is 0.947. The lowest BCUT2D eigenvalue weighted by molar-refractivity contribution is -0.121. The van der Waals surface area contributed by atoms with Crippen LogP contribution in [0.15, 0.2) is 66.7 Å². The van der Waals surface area contributed by atoms with Gasteiger partial charge >= 0.3 is 0 Å². The molecule has 0 radical (unpaired) electrons. The number of carbonyl (C=O) groups is 1. The highest BCUT2D eigenvalue weighted by atomic mass is 16.5. The van der Waals surface area contributed by atoms with E-state index < -0.39 is 0 Å². The summed E-state index contributed by atoms with van der Waals surface area (Å²) in [6, 6.07) is 23.2. The SMILES string of the molecule is COc1ccc2ccccc2c1CCC(=O)NCC1CCCN1c1ccccc1. The molecule has 0 aromatic heterocycles. The second-order valence-electron chi connectivity index (χ2n) is 7.60. The number of ether oxygens (including phenoxy) is 1. The Balaban J connectivity index is 1.37. The van der Waals surface area contributed by atoms with Gasteiger partial charge < -0.3 is 15.0 Å². The summed E-state index contributed by atoms with van der Waals surface area (Å²) in [6.07, 6.45) is 3.42. The van der Waals surface area contributed by atoms with Crippen molar-refractivity contribution in [1.29, 1.82) is 0 Å². The number of fused-ring (bicyclic) bond motifs is 1. The number of rotatable bonds is 7. The van der Waals surface area contributed by atoms with Gasteiger partial charge in [0.05, 0.1) is 7.11 Å². The highest BCUT2D eigenvalue weighted by Crippen LogP contribution is 2.29. The predicted octanol–water partition coefficient (Wildman–Crippen LogP) is 4.57. The summed E-state index contributed by atoms with van der Waals surface area (Å²) in [5.41, 5.74) is 2.34. The first-order chi connectivity index (χ1) is 14.3. The van der Waals surface area contributed by atoms with Crippen molar-refractivity contribution in [3.63, 3.8) is 0 Å². The Kier molecular flexibility index (Phi) is 5.99. The van der Waals surface area contributed by atoms with E-state index in [4.69, 9.17) is 4.74 Å². The smallest absolute Gasteiger partial charge is 0.220 e. The fraction of sp³-hybridized carbons (Fsp3) is 0.320. The highest BCUT2D eigenvalue weighted by molar-refractivity contribution is 5.88. The summed E-state index contributed by atoms with van der Waals surface area (Å²) in [4.78, 5) is 15.0. The van der Waals surface area contributed by atoms with Crippen LogP contribution in [-0.4, -0.2) is 32.1 Å². The van der Waals surface area contributed by atoms with Gasteiger partial charge in [0.15, 0.2) is 0 Å². The van der Waals surface area contributed by atoms with Crippen LogP contribution in [-0.2, 0) is 11.2 Å². The number of amides is 1. The number of para-hydroxylation sites is 1. The van der Waals surface area contributed by atoms with Gasteiger partial charge in [-0.2, -0.15) is 0 Å². The number of benzene rings is 3. The lowest BCUT2D eigenvalue weighted by Crippen LogP contribution is -2.40. The molecule has 1 saturated heterocycles. The topological polar surface area (TPSA) is 41.6 Å². The van der Waals surface area contributed by atoms with Crippen LogP contribution in [0.5, 0.6) is 5.75 Å². The molecule has 0 spiro atoms. The summed E-state index contributed by atoms with van der Waals surface area (Å²) < 4.78 is 5.55. The Morgan fingerprint density at radius 3 is 2.69 bits per heavy atom. The summed E-state index contributed by atoms with van der Waals surface area (Å²) in [6.45, 7) is 1.75. The molecule has 1 heterocycles. The molecule has 3 aromatic rings. The second-order valence-corrected chi connectivity index (χ2v) is 7.60. The van der Waals surface area contributed by atoms with Crippen molar-refractivity contribution in [1.82, 2.24) is 5.32 Å². The lowest BCUT2D eigenvalue weighted by Gasteiger charge is -2.27. The minimum Gasteiger partial charge on any atom is -0.496 e. The van der Waals surface area contributed by atoms with Crippen molar-refractivity contribution in [3.05, 3.63) is 72.3 Å². The van der Waals surface area contributed by atoms with Crippen LogP contribution < -0.4 is 15.0 Å². The van der Waals surface area contributed by atoms with Crippen LogP contribution in [0, 0.1) is 0 Å². The zero-order valence-electron chi connectivity index (χ0n) is 16.9. The van der Waals surface area contributed by atoms with Crippen molar-refractivity contribution >= 4 is 22.4 Å². The summed E-state index contributed by atoms with van der Waals surface area (Å²) in [5, 5.41) is 5.49. The molecule has 4 nitrogen and oxygen atoms in total. The zero-order valence-corrected chi connectivity index (χ0v) is 16.9. The average Bonchev–Trinajstić information content (AvgIpc) is 3.25. The third-order valence-corrected chi connectivity index (χ3v) is 5.82. The van der Waals surface area contributed by atoms with Gasteiger partial charge in [-0.15, -0.1) is 0 Å². The monoisotopic (exact) mass is 388 g/mol. The molecule has 150 valence electrons. The van der Waals surface area contributed by atoms with E-state index in [1.165, 1.54) is 17.5 Å². The quantitative estimate of drug-likeness (QED) is 0.645. The Labute approximate surface area is 172 Å². The van der Waals surface area contributed by atoms with Crippen molar-refractivity contribution < 1.29 is 9.53 Å². The number of nitrogens with one attached hydrogen (secondary N) is 1. The first-order valence-corrected chi connectivity index (χ1v) is 10.4. The van der Waals surface area contributed by atoms with E-state index in [1.54, 1.807) is 7.11 Å². The van der Waals surface area contributed by atoms with Crippen molar-refractivity contribution in [2.24, 2.45) is 0 Å². The highest BCUT2D eigenvalue weighted by Gasteiger charge is 2.25. The van der Waals surface area contributed by atoms with Crippen LogP contribution in [0.3, 0.4) is 0 Å². The number of hydrogen-bond donors (Lipinski definition) is 1. The molecule has 3 aromatic carbocycles. The van der Waals surface area contributed by atoms with Crippen molar-refractivity contribution in [3.8, 4) is 5.75 Å². The fourth-order valence-electron chi connectivity index (χ4n) is 4.33. The summed E-state index contributed by atoms with van der Waals surface area (Å²) in [7, 11) is 1.69. The third kappa shape index (κ3) is 4.37. The van der Waals surface area contributed by atoms with E-state index in [-0.39, 0.29) is 5.91 Å². The molecule has 1 N–H and O–H groups in total. The van der Waals surface area contributed by atoms with E-state index in [0.29, 0.717) is 25.4 Å². The minimum absolute atomic E-state index is 0.0971. The Hall–Kier alpha value is -3.01. The lowest BCUT2D eigenvalue weighted by atomic mass is 9.99. The first kappa shape index (κ1) is 19.3. The number of aryl methyl sites for hydroxylation is 1. The number of anilines is 1. The summed E-state index contributed by atoms with van der Waals surface area (Å²) >= 11 is 0. The third-order valence-electron chi connectivity index (χ3n) is 5.82. The molecule has 1 atom stereocenters. The van der Waals surface area contributed by atoms with Gasteiger partial charge in [0, 0.05) is 36.8 Å². The van der Waals surface area contributed by atoms with Gasteiger partial charge in [0.25, 0.3) is 0 Å². The van der Waals surface area contributed by atoms with Crippen molar-refractivity contribution in [2.45, 2.75) is 31.7 Å². The molecule has 4 heteroatoms. The molecule has 1 aliphatic rings. The first-order valence-electron chi connectivity index (χ1n) is 10.4. The predicted molar refractivity (Wildman–Crippen MR) is 119 cm³/mol. The van der Waals surface area contributed by atoms with Gasteiger partial charge in [-0.1, -0.05) is 48.5 Å². The standard InChI is InChI=1S/C25H28N2O2/c1-29-24-15-13-19-8-5-6-12-22(19)23(24)14-16-25(28)26-18-21-11-7-17-27(21)20-9-3-2-4-10-20/h2-6,8-10,12-13,15,21H,7,11,14,16-18H2,1H3,(H,26,28). The Bertz CT molecular complexity index is 971. The van der Waals surface area contributed by atoms with E-state index in [2.05, 4.69) is 52.7 Å². The van der Waals surface area contributed by atoms with Crippen LogP contribution in [0.1, 0.15) is 24.8 Å². The van der Waals surface area contributed by atoms with Crippen molar-refractivity contribution in [2.75, 3.05) is 25.1 Å². The zero-order chi connectivity index (χ0) is 20.1. The number of carbonyl (C=O) groups excluding carboxylic acids is 1. The molecular formula is C25H28N2O2. The maximum Gasteiger partial charge on any atom is 0.220 e. The molecule has 1 amide bonds. The van der Waals surface area contributed by atoms with Gasteiger partial charge in [0.2, 0.25) is 5.91 Å². The van der Waals surface area contributed by atoms with Crippen LogP contribution in [0.25, 0.3) is 10.8 Å². The number of methoxy groups -OCH3 is 1. The number of nitrogens with zero attached hydrogens (tertiary/aromatic N) is 1. The van der Waals surface area contributed by atoms with Crippen LogP contribution >= 0.6 is 0 Å². The molecule has 1 unspecified atom stereocenters. The molecule has 0 saturated carbocycles. The average molecular weight is 389 g/mol. The molecular weight excluding hydrogens is 360 g/mol. The van der Waals surface area contributed by atoms with Gasteiger partial charge in [-0.25, -0.2) is 0 Å². The van der Waals surface area contributed by atoms with E-state index in [0.717, 1.165) is 29.7 Å². The normalized spacial score (nSPS) is 16.2. The maximum atomic E-state index is 12.6.